The zero-order chi connectivity index (χ0) is 24.4. The summed E-state index contributed by atoms with van der Waals surface area (Å²) in [6.45, 7) is 1.67. The first-order chi connectivity index (χ1) is 17.0. The number of ether oxygens (including phenoxy) is 3. The van der Waals surface area contributed by atoms with Gasteiger partial charge in [0.1, 0.15) is 5.75 Å². The first-order valence-electron chi connectivity index (χ1n) is 12.8. The van der Waals surface area contributed by atoms with Crippen molar-refractivity contribution in [2.24, 2.45) is 17.8 Å². The van der Waals surface area contributed by atoms with Crippen LogP contribution in [-0.2, 0) is 21.3 Å². The van der Waals surface area contributed by atoms with E-state index in [4.69, 9.17) is 14.2 Å². The van der Waals surface area contributed by atoms with E-state index in [1.807, 2.05) is 6.92 Å². The molecule has 0 radical (unpaired) electrons. The minimum absolute atomic E-state index is 0.180. The zero-order valence-corrected chi connectivity index (χ0v) is 20.6. The molecule has 2 aromatic rings. The van der Waals surface area contributed by atoms with Gasteiger partial charge >= 0.3 is 12.4 Å². The summed E-state index contributed by atoms with van der Waals surface area (Å²) in [4.78, 5) is 11.5. The second-order valence-electron chi connectivity index (χ2n) is 10.5. The Balaban J connectivity index is 1.44. The van der Waals surface area contributed by atoms with Crippen LogP contribution < -0.4 is 4.74 Å². The Morgan fingerprint density at radius 1 is 1.09 bits per heavy atom. The lowest BCUT2D eigenvalue weighted by Gasteiger charge is -2.57. The van der Waals surface area contributed by atoms with E-state index in [-0.39, 0.29) is 11.0 Å². The second-order valence-corrected chi connectivity index (χ2v) is 10.5. The first-order valence-corrected chi connectivity index (χ1v) is 12.8. The van der Waals surface area contributed by atoms with Crippen molar-refractivity contribution in [2.45, 2.75) is 63.8 Å². The fourth-order valence-corrected chi connectivity index (χ4v) is 7.06. The summed E-state index contributed by atoms with van der Waals surface area (Å²) in [5.41, 5.74) is 3.24. The van der Waals surface area contributed by atoms with E-state index in [2.05, 4.69) is 30.0 Å². The van der Waals surface area contributed by atoms with Crippen molar-refractivity contribution < 1.29 is 24.1 Å². The molecule has 4 aliphatic rings. The van der Waals surface area contributed by atoms with E-state index in [0.717, 1.165) is 29.1 Å². The topological polar surface area (TPSA) is 65.0 Å². The average Bonchev–Trinajstić information content (AvgIpc) is 2.83. The SMILES string of the molecule is CCOC(OC)Oc1cc(CC#Cc2ccccc2C(=O)O)ccc1C12CC3CC(CC(C3)C1)C2. The van der Waals surface area contributed by atoms with Crippen LogP contribution in [-0.4, -0.2) is 31.3 Å². The predicted molar refractivity (Wildman–Crippen MR) is 133 cm³/mol. The summed E-state index contributed by atoms with van der Waals surface area (Å²) in [6, 6.07) is 13.3. The van der Waals surface area contributed by atoms with Crippen LogP contribution in [0.4, 0.5) is 0 Å². The minimum Gasteiger partial charge on any atom is -0.478 e. The van der Waals surface area contributed by atoms with Crippen molar-refractivity contribution in [3.63, 3.8) is 0 Å². The van der Waals surface area contributed by atoms with E-state index < -0.39 is 12.4 Å². The Morgan fingerprint density at radius 2 is 1.77 bits per heavy atom. The number of methoxy groups -OCH3 is 1. The number of carboxylic acids is 1. The molecule has 0 aromatic heterocycles. The highest BCUT2D eigenvalue weighted by Crippen LogP contribution is 2.62. The fraction of sp³-hybridized carbons (Fsp3) is 0.500. The van der Waals surface area contributed by atoms with Gasteiger partial charge in [-0.25, -0.2) is 4.79 Å². The maximum Gasteiger partial charge on any atom is 0.336 e. The molecule has 1 unspecified atom stereocenters. The van der Waals surface area contributed by atoms with Gasteiger partial charge in [0.25, 0.3) is 0 Å². The maximum absolute atomic E-state index is 11.5. The number of hydrogen-bond donors (Lipinski definition) is 1. The molecular weight excluding hydrogens is 440 g/mol. The van der Waals surface area contributed by atoms with Gasteiger partial charge in [0.05, 0.1) is 12.2 Å². The van der Waals surface area contributed by atoms with E-state index >= 15 is 0 Å². The third kappa shape index (κ3) is 4.96. The highest BCUT2D eigenvalue weighted by atomic mass is 16.8. The second kappa shape index (κ2) is 10.0. The number of aromatic carboxylic acids is 1. The lowest BCUT2D eigenvalue weighted by atomic mass is 9.48. The van der Waals surface area contributed by atoms with Crippen LogP contribution in [0.25, 0.3) is 0 Å². The molecule has 4 aliphatic carbocycles. The van der Waals surface area contributed by atoms with Crippen molar-refractivity contribution in [1.29, 1.82) is 0 Å². The van der Waals surface area contributed by atoms with Gasteiger partial charge in [-0.15, -0.1) is 0 Å². The van der Waals surface area contributed by atoms with Gasteiger partial charge in [0, 0.05) is 24.7 Å². The van der Waals surface area contributed by atoms with Gasteiger partial charge in [-0.3, -0.25) is 0 Å². The zero-order valence-electron chi connectivity index (χ0n) is 20.6. The van der Waals surface area contributed by atoms with E-state index in [0.29, 0.717) is 18.6 Å². The molecule has 6 rings (SSSR count). The number of rotatable bonds is 8. The van der Waals surface area contributed by atoms with Gasteiger partial charge in [-0.2, -0.15) is 0 Å². The Hall–Kier alpha value is -2.81. The molecule has 0 spiro atoms. The third-order valence-corrected chi connectivity index (χ3v) is 8.05. The van der Waals surface area contributed by atoms with Gasteiger partial charge < -0.3 is 19.3 Å². The lowest BCUT2D eigenvalue weighted by molar-refractivity contribution is -0.231. The highest BCUT2D eigenvalue weighted by molar-refractivity contribution is 5.90. The van der Waals surface area contributed by atoms with Crippen LogP contribution in [0.2, 0.25) is 0 Å². The normalized spacial score (nSPS) is 27.2. The molecule has 4 saturated carbocycles. The number of carboxylic acid groups (broad SMARTS) is 1. The van der Waals surface area contributed by atoms with Gasteiger partial charge in [-0.1, -0.05) is 36.1 Å². The molecular formula is C30H34O5. The lowest BCUT2D eigenvalue weighted by Crippen LogP contribution is -2.48. The monoisotopic (exact) mass is 474 g/mol. The summed E-state index contributed by atoms with van der Waals surface area (Å²) in [6.07, 6.45) is 8.39. The average molecular weight is 475 g/mol. The molecule has 0 heterocycles. The summed E-state index contributed by atoms with van der Waals surface area (Å²) < 4.78 is 17.4. The standard InChI is InChI=1S/C30H34O5/c1-3-34-29(33-2)35-27-16-20(7-6-9-24-8-4-5-10-25(24)28(31)32)11-12-26(27)30-17-21-13-22(18-30)15-23(14-21)19-30/h4-5,8,10-12,16,21-23,29H,3,7,13-15,17-19H2,1-2H3,(H,31,32). The molecule has 5 nitrogen and oxygen atoms in total. The Bertz CT molecular complexity index is 1110. The van der Waals surface area contributed by atoms with Crippen LogP contribution in [0.1, 0.15) is 72.5 Å². The van der Waals surface area contributed by atoms with Crippen molar-refractivity contribution in [3.8, 4) is 17.6 Å². The Morgan fingerprint density at radius 3 is 2.40 bits per heavy atom. The highest BCUT2D eigenvalue weighted by Gasteiger charge is 2.52. The molecule has 4 fully saturated rings. The Labute approximate surface area is 207 Å². The summed E-state index contributed by atoms with van der Waals surface area (Å²) in [5.74, 6) is 8.56. The van der Waals surface area contributed by atoms with Crippen LogP contribution in [0.3, 0.4) is 0 Å². The number of hydrogen-bond acceptors (Lipinski definition) is 4. The Kier molecular flexibility index (Phi) is 6.86. The summed E-state index contributed by atoms with van der Waals surface area (Å²) >= 11 is 0. The third-order valence-electron chi connectivity index (χ3n) is 8.05. The molecule has 184 valence electrons. The summed E-state index contributed by atoms with van der Waals surface area (Å²) in [5, 5.41) is 9.41. The molecule has 1 atom stereocenters. The summed E-state index contributed by atoms with van der Waals surface area (Å²) in [7, 11) is 1.60. The molecule has 4 bridgehead atoms. The predicted octanol–water partition coefficient (Wildman–Crippen LogP) is 5.79. The molecule has 0 aliphatic heterocycles. The van der Waals surface area contributed by atoms with Gasteiger partial charge in [0.2, 0.25) is 0 Å². The van der Waals surface area contributed by atoms with Crippen molar-refractivity contribution >= 4 is 5.97 Å². The van der Waals surface area contributed by atoms with E-state index in [9.17, 15) is 9.90 Å². The molecule has 2 aromatic carbocycles. The van der Waals surface area contributed by atoms with Crippen molar-refractivity contribution in [3.05, 3.63) is 64.7 Å². The number of carbonyl (C=O) groups is 1. The van der Waals surface area contributed by atoms with Gasteiger partial charge in [-0.05, 0) is 92.4 Å². The fourth-order valence-electron chi connectivity index (χ4n) is 7.06. The first kappa shape index (κ1) is 23.9. The van der Waals surface area contributed by atoms with Gasteiger partial charge in [0.15, 0.2) is 0 Å². The van der Waals surface area contributed by atoms with Crippen LogP contribution in [0.15, 0.2) is 42.5 Å². The minimum atomic E-state index is -0.966. The molecule has 5 heteroatoms. The largest absolute Gasteiger partial charge is 0.478 e. The van der Waals surface area contributed by atoms with E-state index in [1.54, 1.807) is 31.4 Å². The van der Waals surface area contributed by atoms with Crippen molar-refractivity contribution in [1.82, 2.24) is 0 Å². The maximum atomic E-state index is 11.5. The molecule has 35 heavy (non-hydrogen) atoms. The quantitative estimate of drug-likeness (QED) is 0.387. The van der Waals surface area contributed by atoms with Crippen LogP contribution in [0.5, 0.6) is 5.75 Å². The molecule has 1 N–H and O–H groups in total. The molecule has 0 amide bonds. The number of benzene rings is 2. The van der Waals surface area contributed by atoms with Crippen LogP contribution >= 0.6 is 0 Å². The smallest absolute Gasteiger partial charge is 0.336 e. The van der Waals surface area contributed by atoms with E-state index in [1.165, 1.54) is 44.1 Å². The molecule has 0 saturated heterocycles. The van der Waals surface area contributed by atoms with Crippen molar-refractivity contribution in [2.75, 3.05) is 13.7 Å². The van der Waals surface area contributed by atoms with Crippen LogP contribution in [0, 0.1) is 29.6 Å².